The van der Waals surface area contributed by atoms with Crippen LogP contribution in [-0.2, 0) is 4.79 Å². The summed E-state index contributed by atoms with van der Waals surface area (Å²) in [5.74, 6) is 0.554. The normalized spacial score (nSPS) is 16.4. The van der Waals surface area contributed by atoms with E-state index in [4.69, 9.17) is 22.7 Å². The molecule has 1 aliphatic rings. The SMILES string of the molecule is CC1(CNC(=O)COc2ccc(C(N)=S)cc2)CCCC1. The van der Waals surface area contributed by atoms with Crippen molar-refractivity contribution < 1.29 is 9.53 Å². The monoisotopic (exact) mass is 306 g/mol. The van der Waals surface area contributed by atoms with Crippen molar-refractivity contribution in [2.75, 3.05) is 13.2 Å². The van der Waals surface area contributed by atoms with Crippen molar-refractivity contribution in [1.82, 2.24) is 5.32 Å². The molecule has 0 aromatic heterocycles. The maximum atomic E-state index is 11.8. The molecular weight excluding hydrogens is 284 g/mol. The van der Waals surface area contributed by atoms with Gasteiger partial charge in [0.2, 0.25) is 0 Å². The van der Waals surface area contributed by atoms with Gasteiger partial charge in [-0.15, -0.1) is 0 Å². The van der Waals surface area contributed by atoms with E-state index in [9.17, 15) is 4.79 Å². The van der Waals surface area contributed by atoms with Gasteiger partial charge in [0, 0.05) is 12.1 Å². The fourth-order valence-electron chi connectivity index (χ4n) is 2.63. The zero-order chi connectivity index (χ0) is 15.3. The van der Waals surface area contributed by atoms with E-state index in [0.717, 1.165) is 12.1 Å². The lowest BCUT2D eigenvalue weighted by molar-refractivity contribution is -0.123. The molecule has 0 aliphatic heterocycles. The molecule has 0 heterocycles. The predicted octanol–water partition coefficient (Wildman–Crippen LogP) is 2.40. The summed E-state index contributed by atoms with van der Waals surface area (Å²) < 4.78 is 5.45. The molecule has 0 atom stereocenters. The minimum absolute atomic E-state index is 0.0303. The lowest BCUT2D eigenvalue weighted by Crippen LogP contribution is -2.36. The van der Waals surface area contributed by atoms with Crippen LogP contribution in [0.3, 0.4) is 0 Å². The van der Waals surface area contributed by atoms with Gasteiger partial charge in [0.25, 0.3) is 5.91 Å². The number of thiocarbonyl (C=S) groups is 1. The molecule has 0 unspecified atom stereocenters. The summed E-state index contributed by atoms with van der Waals surface area (Å²) in [6.07, 6.45) is 4.90. The summed E-state index contributed by atoms with van der Waals surface area (Å²) in [4.78, 5) is 12.2. The summed E-state index contributed by atoms with van der Waals surface area (Å²) in [5, 5.41) is 2.96. The smallest absolute Gasteiger partial charge is 0.257 e. The molecule has 0 bridgehead atoms. The number of rotatable bonds is 6. The van der Waals surface area contributed by atoms with Gasteiger partial charge in [-0.05, 0) is 42.5 Å². The van der Waals surface area contributed by atoms with Crippen molar-refractivity contribution in [2.24, 2.45) is 11.1 Å². The van der Waals surface area contributed by atoms with Crippen LogP contribution in [0.15, 0.2) is 24.3 Å². The maximum Gasteiger partial charge on any atom is 0.257 e. The number of nitrogens with one attached hydrogen (secondary N) is 1. The molecule has 21 heavy (non-hydrogen) atoms. The first kappa shape index (κ1) is 15.8. The molecule has 0 spiro atoms. The van der Waals surface area contributed by atoms with Crippen LogP contribution in [0.4, 0.5) is 0 Å². The van der Waals surface area contributed by atoms with Crippen LogP contribution in [0.2, 0.25) is 0 Å². The van der Waals surface area contributed by atoms with Crippen molar-refractivity contribution in [3.63, 3.8) is 0 Å². The zero-order valence-electron chi connectivity index (χ0n) is 12.4. The van der Waals surface area contributed by atoms with Crippen LogP contribution in [0.25, 0.3) is 0 Å². The second kappa shape index (κ2) is 6.89. The molecule has 3 N–H and O–H groups in total. The molecule has 1 aliphatic carbocycles. The Morgan fingerprint density at radius 2 is 1.95 bits per heavy atom. The largest absolute Gasteiger partial charge is 0.484 e. The molecule has 1 fully saturated rings. The van der Waals surface area contributed by atoms with E-state index in [1.54, 1.807) is 24.3 Å². The third-order valence-corrected chi connectivity index (χ3v) is 4.27. The number of amides is 1. The molecule has 2 rings (SSSR count). The second-order valence-electron chi connectivity index (χ2n) is 5.97. The number of carbonyl (C=O) groups is 1. The number of carbonyl (C=O) groups excluding carboxylic acids is 1. The number of hydrogen-bond acceptors (Lipinski definition) is 3. The van der Waals surface area contributed by atoms with E-state index in [1.807, 2.05) is 0 Å². The minimum atomic E-state index is -0.0819. The maximum absolute atomic E-state index is 11.8. The first-order valence-electron chi connectivity index (χ1n) is 7.28. The van der Waals surface area contributed by atoms with E-state index >= 15 is 0 Å². The zero-order valence-corrected chi connectivity index (χ0v) is 13.2. The lowest BCUT2D eigenvalue weighted by atomic mass is 9.89. The Hall–Kier alpha value is -1.62. The summed E-state index contributed by atoms with van der Waals surface area (Å²) in [5.41, 5.74) is 6.57. The first-order chi connectivity index (χ1) is 9.98. The highest BCUT2D eigenvalue weighted by Gasteiger charge is 2.28. The van der Waals surface area contributed by atoms with Crippen LogP contribution < -0.4 is 15.8 Å². The molecule has 0 radical (unpaired) electrons. The van der Waals surface area contributed by atoms with Gasteiger partial charge in [0.1, 0.15) is 10.7 Å². The lowest BCUT2D eigenvalue weighted by Gasteiger charge is -2.23. The van der Waals surface area contributed by atoms with Crippen LogP contribution in [0, 0.1) is 5.41 Å². The van der Waals surface area contributed by atoms with E-state index < -0.39 is 0 Å². The Morgan fingerprint density at radius 3 is 2.52 bits per heavy atom. The molecule has 4 nitrogen and oxygen atoms in total. The summed E-state index contributed by atoms with van der Waals surface area (Å²) in [6, 6.07) is 7.10. The fraction of sp³-hybridized carbons (Fsp3) is 0.500. The van der Waals surface area contributed by atoms with Crippen molar-refractivity contribution in [3.8, 4) is 5.75 Å². The highest BCUT2D eigenvalue weighted by Crippen LogP contribution is 2.36. The Morgan fingerprint density at radius 1 is 1.33 bits per heavy atom. The van der Waals surface area contributed by atoms with Crippen molar-refractivity contribution >= 4 is 23.1 Å². The van der Waals surface area contributed by atoms with E-state index in [2.05, 4.69) is 12.2 Å². The van der Waals surface area contributed by atoms with Gasteiger partial charge >= 0.3 is 0 Å². The Labute approximate surface area is 131 Å². The predicted molar refractivity (Wildman–Crippen MR) is 87.4 cm³/mol. The second-order valence-corrected chi connectivity index (χ2v) is 6.41. The molecule has 5 heteroatoms. The quantitative estimate of drug-likeness (QED) is 0.792. The summed E-state index contributed by atoms with van der Waals surface area (Å²) in [7, 11) is 0. The van der Waals surface area contributed by atoms with E-state index in [1.165, 1.54) is 25.7 Å². The molecule has 0 saturated heterocycles. The summed E-state index contributed by atoms with van der Waals surface area (Å²) in [6.45, 7) is 2.99. The van der Waals surface area contributed by atoms with Gasteiger partial charge in [0.05, 0.1) is 0 Å². The standard InChI is InChI=1S/C16H22N2O2S/c1-16(8-2-3-9-16)11-18-14(19)10-20-13-6-4-12(5-7-13)15(17)21/h4-7H,2-3,8-11H2,1H3,(H2,17,21)(H,18,19). The van der Waals surface area contributed by atoms with Crippen molar-refractivity contribution in [1.29, 1.82) is 0 Å². The number of nitrogens with two attached hydrogens (primary N) is 1. The van der Waals surface area contributed by atoms with Crippen molar-refractivity contribution in [3.05, 3.63) is 29.8 Å². The fourth-order valence-corrected chi connectivity index (χ4v) is 2.77. The van der Waals surface area contributed by atoms with Gasteiger partial charge in [0.15, 0.2) is 6.61 Å². The van der Waals surface area contributed by atoms with Gasteiger partial charge in [-0.25, -0.2) is 0 Å². The van der Waals surface area contributed by atoms with E-state index in [-0.39, 0.29) is 17.9 Å². The number of benzene rings is 1. The van der Waals surface area contributed by atoms with Gasteiger partial charge < -0.3 is 15.8 Å². The average molecular weight is 306 g/mol. The highest BCUT2D eigenvalue weighted by molar-refractivity contribution is 7.80. The molecular formula is C16H22N2O2S. The summed E-state index contributed by atoms with van der Waals surface area (Å²) >= 11 is 4.88. The highest BCUT2D eigenvalue weighted by atomic mass is 32.1. The third-order valence-electron chi connectivity index (χ3n) is 4.03. The topological polar surface area (TPSA) is 64.3 Å². The molecule has 114 valence electrons. The third kappa shape index (κ3) is 4.70. The van der Waals surface area contributed by atoms with Crippen LogP contribution in [0.5, 0.6) is 5.75 Å². The molecule has 1 saturated carbocycles. The van der Waals surface area contributed by atoms with E-state index in [0.29, 0.717) is 10.7 Å². The Kier molecular flexibility index (Phi) is 5.17. The van der Waals surface area contributed by atoms with Crippen LogP contribution >= 0.6 is 12.2 Å². The van der Waals surface area contributed by atoms with Gasteiger partial charge in [-0.1, -0.05) is 32.0 Å². The molecule has 1 aromatic carbocycles. The minimum Gasteiger partial charge on any atom is -0.484 e. The average Bonchev–Trinajstić information content (AvgIpc) is 2.91. The van der Waals surface area contributed by atoms with Gasteiger partial charge in [-0.2, -0.15) is 0 Å². The van der Waals surface area contributed by atoms with Crippen LogP contribution in [0.1, 0.15) is 38.2 Å². The Balaban J connectivity index is 1.74. The first-order valence-corrected chi connectivity index (χ1v) is 7.69. The van der Waals surface area contributed by atoms with Crippen LogP contribution in [-0.4, -0.2) is 24.0 Å². The number of ether oxygens (including phenoxy) is 1. The van der Waals surface area contributed by atoms with Crippen molar-refractivity contribution in [2.45, 2.75) is 32.6 Å². The number of hydrogen-bond donors (Lipinski definition) is 2. The molecule has 1 aromatic rings. The Bertz CT molecular complexity index is 508. The molecule has 1 amide bonds. The van der Waals surface area contributed by atoms with Gasteiger partial charge in [-0.3, -0.25) is 4.79 Å².